The molecule has 1 aliphatic heterocycles. The van der Waals surface area contributed by atoms with Gasteiger partial charge >= 0.3 is 6.09 Å². The van der Waals surface area contributed by atoms with E-state index in [1.165, 1.54) is 5.56 Å². The van der Waals surface area contributed by atoms with Crippen LogP contribution in [0.5, 0.6) is 0 Å². The van der Waals surface area contributed by atoms with E-state index in [2.05, 4.69) is 35.5 Å². The van der Waals surface area contributed by atoms with Crippen LogP contribution in [0.2, 0.25) is 5.02 Å². The first kappa shape index (κ1) is 27.6. The highest BCUT2D eigenvalue weighted by Gasteiger charge is 2.27. The van der Waals surface area contributed by atoms with Crippen molar-refractivity contribution in [1.82, 2.24) is 14.5 Å². The Morgan fingerprint density at radius 1 is 1.33 bits per heavy atom. The predicted molar refractivity (Wildman–Crippen MR) is 148 cm³/mol. The normalized spacial score (nSPS) is 15.4. The van der Waals surface area contributed by atoms with Gasteiger partial charge < -0.3 is 14.2 Å². The third kappa shape index (κ3) is 8.91. The molecule has 0 radical (unpaired) electrons. The van der Waals surface area contributed by atoms with Crippen molar-refractivity contribution in [3.8, 4) is 11.8 Å². The molecule has 2 heterocycles. The lowest BCUT2D eigenvalue weighted by Crippen LogP contribution is -2.41. The Bertz CT molecular complexity index is 1080. The van der Waals surface area contributed by atoms with Gasteiger partial charge in [0.15, 0.2) is 0 Å². The second-order valence-corrected chi connectivity index (χ2v) is 10.8. The Morgan fingerprint density at radius 2 is 2.11 bits per heavy atom. The molecule has 2 aromatic rings. The summed E-state index contributed by atoms with van der Waals surface area (Å²) >= 11 is 6.34. The fourth-order valence-corrected chi connectivity index (χ4v) is 4.72. The maximum absolute atomic E-state index is 12.4. The Morgan fingerprint density at radius 3 is 2.78 bits per heavy atom. The standard InChI is InChI=1S/C30H38ClN3O2/c1-5-9-25(12-11-24-15-19-34(20-16-24)29(35)36-30(2,3)4)28-14-13-27(31)22-26(28)10-7-6-8-18-33-21-17-32-23-33/h5,7,10,13-14,17,21-25H,1,9,11-12,15-16,18-20H2,2-4H3/b10-7+. The molecule has 0 saturated carbocycles. The van der Waals surface area contributed by atoms with E-state index in [1.807, 2.05) is 60.7 Å². The maximum atomic E-state index is 12.4. The maximum Gasteiger partial charge on any atom is 0.410 e. The molecule has 1 amide bonds. The molecular formula is C30H38ClN3O2. The summed E-state index contributed by atoms with van der Waals surface area (Å²) < 4.78 is 7.47. The summed E-state index contributed by atoms with van der Waals surface area (Å²) in [7, 11) is 0. The molecule has 5 nitrogen and oxygen atoms in total. The number of benzene rings is 1. The molecule has 0 aliphatic carbocycles. The van der Waals surface area contributed by atoms with Gasteiger partial charge in [0, 0.05) is 30.5 Å². The van der Waals surface area contributed by atoms with Crippen LogP contribution in [0.25, 0.3) is 6.08 Å². The van der Waals surface area contributed by atoms with E-state index in [0.717, 1.165) is 55.8 Å². The lowest BCUT2D eigenvalue weighted by Gasteiger charge is -2.34. The molecule has 192 valence electrons. The molecule has 1 unspecified atom stereocenters. The van der Waals surface area contributed by atoms with Gasteiger partial charge in [0.05, 0.1) is 12.9 Å². The van der Waals surface area contributed by atoms with E-state index in [0.29, 0.717) is 18.4 Å². The predicted octanol–water partition coefficient (Wildman–Crippen LogP) is 7.34. The quantitative estimate of drug-likeness (QED) is 0.277. The van der Waals surface area contributed by atoms with Gasteiger partial charge in [-0.15, -0.1) is 6.58 Å². The second-order valence-electron chi connectivity index (χ2n) is 10.4. The number of nitrogens with zero attached hydrogens (tertiary/aromatic N) is 3. The summed E-state index contributed by atoms with van der Waals surface area (Å²) in [5, 5.41) is 0.719. The number of hydrogen-bond donors (Lipinski definition) is 0. The van der Waals surface area contributed by atoms with Gasteiger partial charge in [0.2, 0.25) is 0 Å². The molecule has 36 heavy (non-hydrogen) atoms. The molecule has 1 aromatic heterocycles. The smallest absolute Gasteiger partial charge is 0.410 e. The van der Waals surface area contributed by atoms with Crippen LogP contribution < -0.4 is 0 Å². The zero-order chi connectivity index (χ0) is 26.0. The van der Waals surface area contributed by atoms with E-state index < -0.39 is 5.60 Å². The van der Waals surface area contributed by atoms with Crippen molar-refractivity contribution in [2.45, 2.75) is 70.9 Å². The summed E-state index contributed by atoms with van der Waals surface area (Å²) in [6.07, 6.45) is 16.3. The Kier molecular flexibility index (Phi) is 10.3. The number of carbonyl (C=O) groups excluding carboxylic acids is 1. The summed E-state index contributed by atoms with van der Waals surface area (Å²) in [5.41, 5.74) is 1.92. The van der Waals surface area contributed by atoms with E-state index in [4.69, 9.17) is 16.3 Å². The molecule has 1 aliphatic rings. The Hall–Kier alpha value is -2.97. The summed E-state index contributed by atoms with van der Waals surface area (Å²) in [6, 6.07) is 6.12. The third-order valence-corrected chi connectivity index (χ3v) is 6.63. The highest BCUT2D eigenvalue weighted by molar-refractivity contribution is 6.30. The number of aromatic nitrogens is 2. The lowest BCUT2D eigenvalue weighted by molar-refractivity contribution is 0.0180. The Balaban J connectivity index is 1.59. The first-order valence-electron chi connectivity index (χ1n) is 12.7. The minimum Gasteiger partial charge on any atom is -0.444 e. The number of piperidine rings is 1. The van der Waals surface area contributed by atoms with Crippen molar-refractivity contribution in [2.24, 2.45) is 5.92 Å². The third-order valence-electron chi connectivity index (χ3n) is 6.40. The first-order valence-corrected chi connectivity index (χ1v) is 13.1. The molecule has 3 rings (SSSR count). The fraction of sp³-hybridized carbons (Fsp3) is 0.467. The van der Waals surface area contributed by atoms with E-state index in [1.54, 1.807) is 12.5 Å². The van der Waals surface area contributed by atoms with Gasteiger partial charge in [-0.3, -0.25) is 0 Å². The molecule has 0 spiro atoms. The van der Waals surface area contributed by atoms with Crippen LogP contribution >= 0.6 is 11.6 Å². The molecule has 1 atom stereocenters. The number of imidazole rings is 1. The lowest BCUT2D eigenvalue weighted by atomic mass is 9.83. The molecule has 0 bridgehead atoms. The largest absolute Gasteiger partial charge is 0.444 e. The number of carbonyl (C=O) groups is 1. The van der Waals surface area contributed by atoms with Gasteiger partial charge in [0.1, 0.15) is 5.60 Å². The van der Waals surface area contributed by atoms with Crippen LogP contribution in [0.15, 0.2) is 55.7 Å². The average molecular weight is 508 g/mol. The molecule has 1 saturated heterocycles. The van der Waals surface area contributed by atoms with Gasteiger partial charge in [-0.25, -0.2) is 9.78 Å². The van der Waals surface area contributed by atoms with Crippen LogP contribution in [0.4, 0.5) is 4.79 Å². The van der Waals surface area contributed by atoms with Crippen LogP contribution in [0.3, 0.4) is 0 Å². The zero-order valence-electron chi connectivity index (χ0n) is 21.8. The van der Waals surface area contributed by atoms with E-state index in [9.17, 15) is 4.79 Å². The van der Waals surface area contributed by atoms with E-state index in [-0.39, 0.29) is 6.09 Å². The highest BCUT2D eigenvalue weighted by atomic mass is 35.5. The van der Waals surface area contributed by atoms with Crippen LogP contribution in [-0.4, -0.2) is 39.2 Å². The number of allylic oxidation sites excluding steroid dienone is 2. The number of amides is 1. The topological polar surface area (TPSA) is 47.4 Å². The highest BCUT2D eigenvalue weighted by Crippen LogP contribution is 2.34. The average Bonchev–Trinajstić information content (AvgIpc) is 3.35. The van der Waals surface area contributed by atoms with Crippen molar-refractivity contribution in [1.29, 1.82) is 0 Å². The van der Waals surface area contributed by atoms with Gasteiger partial charge in [-0.2, -0.15) is 0 Å². The fourth-order valence-electron chi connectivity index (χ4n) is 4.54. The molecule has 1 fully saturated rings. The van der Waals surface area contributed by atoms with Gasteiger partial charge in [-0.1, -0.05) is 35.6 Å². The SMILES string of the molecule is C=CCC(CCC1CCN(C(=O)OC(C)(C)C)CC1)c1ccc(Cl)cc1/C=C/C#CCn1ccnc1. The summed E-state index contributed by atoms with van der Waals surface area (Å²) in [4.78, 5) is 18.3. The number of halogens is 1. The van der Waals surface area contributed by atoms with Crippen molar-refractivity contribution >= 4 is 23.8 Å². The zero-order valence-corrected chi connectivity index (χ0v) is 22.5. The molecule has 0 N–H and O–H groups in total. The summed E-state index contributed by atoms with van der Waals surface area (Å²) in [6.45, 7) is 11.9. The number of hydrogen-bond acceptors (Lipinski definition) is 3. The molecular weight excluding hydrogens is 470 g/mol. The summed E-state index contributed by atoms with van der Waals surface area (Å²) in [5.74, 6) is 7.23. The van der Waals surface area contributed by atoms with Crippen LogP contribution in [-0.2, 0) is 11.3 Å². The van der Waals surface area contributed by atoms with Gasteiger partial charge in [0.25, 0.3) is 0 Å². The Labute approximate surface area is 221 Å². The number of likely N-dealkylation sites (tertiary alicyclic amines) is 1. The van der Waals surface area contributed by atoms with Gasteiger partial charge in [-0.05, 0) is 100 Å². The number of ether oxygens (including phenoxy) is 1. The minimum absolute atomic E-state index is 0.198. The number of rotatable bonds is 8. The van der Waals surface area contributed by atoms with Crippen LogP contribution in [0, 0.1) is 17.8 Å². The monoisotopic (exact) mass is 507 g/mol. The minimum atomic E-state index is -0.456. The van der Waals surface area contributed by atoms with Crippen molar-refractivity contribution in [2.75, 3.05) is 13.1 Å². The van der Waals surface area contributed by atoms with Crippen molar-refractivity contribution in [3.05, 3.63) is 71.8 Å². The molecule has 6 heteroatoms. The van der Waals surface area contributed by atoms with E-state index >= 15 is 0 Å². The second kappa shape index (κ2) is 13.4. The van der Waals surface area contributed by atoms with Crippen molar-refractivity contribution < 1.29 is 9.53 Å². The van der Waals surface area contributed by atoms with Crippen LogP contribution in [0.1, 0.15) is 69.9 Å². The first-order chi connectivity index (χ1) is 17.2. The molecule has 1 aromatic carbocycles. The van der Waals surface area contributed by atoms with Crippen molar-refractivity contribution in [3.63, 3.8) is 0 Å².